The monoisotopic (exact) mass is 484 g/mol. The van der Waals surface area contributed by atoms with Gasteiger partial charge in [0, 0.05) is 17.5 Å². The molecular weight excluding hydrogens is 452 g/mol. The summed E-state index contributed by atoms with van der Waals surface area (Å²) in [6, 6.07) is 14.0. The molecule has 2 aromatic carbocycles. The SMILES string of the molecule is Cc1ccc(-n2nc(C)c3c(C)c(CCC(=O)N[C@H](C)c4ccc5c(c4)OCCO5)c(C)nc32)cc1. The van der Waals surface area contributed by atoms with Gasteiger partial charge >= 0.3 is 0 Å². The van der Waals surface area contributed by atoms with Crippen LogP contribution in [-0.4, -0.2) is 33.9 Å². The highest BCUT2D eigenvalue weighted by molar-refractivity contribution is 5.85. The fraction of sp³-hybridized carbons (Fsp3) is 0.345. The standard InChI is InChI=1S/C29H32N4O3/c1-17-6-9-23(10-7-17)33-29-28(21(5)32-33)18(2)24(20(4)31-29)11-13-27(34)30-19(3)22-8-12-25-26(16-22)36-15-14-35-25/h6-10,12,16,19H,11,13-15H2,1-5H3,(H,30,34)/t19-/m1/s1. The minimum absolute atomic E-state index is 0.00311. The summed E-state index contributed by atoms with van der Waals surface area (Å²) < 4.78 is 13.2. The molecule has 0 aliphatic carbocycles. The molecule has 186 valence electrons. The summed E-state index contributed by atoms with van der Waals surface area (Å²) in [4.78, 5) is 17.8. The van der Waals surface area contributed by atoms with Gasteiger partial charge in [0.2, 0.25) is 5.91 Å². The van der Waals surface area contributed by atoms with Gasteiger partial charge in [-0.1, -0.05) is 23.8 Å². The van der Waals surface area contributed by atoms with Crippen LogP contribution in [0.15, 0.2) is 42.5 Å². The Morgan fingerprint density at radius 2 is 1.72 bits per heavy atom. The van der Waals surface area contributed by atoms with Crippen LogP contribution in [-0.2, 0) is 11.2 Å². The molecule has 7 heteroatoms. The van der Waals surface area contributed by atoms with Crippen molar-refractivity contribution in [3.8, 4) is 17.2 Å². The number of hydrogen-bond donors (Lipinski definition) is 1. The molecule has 1 aliphatic heterocycles. The molecule has 3 heterocycles. The van der Waals surface area contributed by atoms with E-state index in [2.05, 4.69) is 43.4 Å². The maximum absolute atomic E-state index is 12.9. The molecule has 5 rings (SSSR count). The molecule has 0 unspecified atom stereocenters. The topological polar surface area (TPSA) is 78.3 Å². The molecule has 1 N–H and O–H groups in total. The summed E-state index contributed by atoms with van der Waals surface area (Å²) in [6.45, 7) is 11.3. The van der Waals surface area contributed by atoms with Gasteiger partial charge in [-0.05, 0) is 82.0 Å². The second-order valence-corrected chi connectivity index (χ2v) is 9.52. The zero-order valence-electron chi connectivity index (χ0n) is 21.5. The Kier molecular flexibility index (Phi) is 6.39. The maximum Gasteiger partial charge on any atom is 0.220 e. The van der Waals surface area contributed by atoms with E-state index in [1.54, 1.807) is 0 Å². The molecule has 36 heavy (non-hydrogen) atoms. The minimum Gasteiger partial charge on any atom is -0.486 e. The molecule has 0 spiro atoms. The Bertz CT molecular complexity index is 1440. The third-order valence-corrected chi connectivity index (χ3v) is 6.90. The van der Waals surface area contributed by atoms with E-state index >= 15 is 0 Å². The lowest BCUT2D eigenvalue weighted by atomic mass is 9.99. The Morgan fingerprint density at radius 1 is 1.00 bits per heavy atom. The number of rotatable bonds is 6. The highest BCUT2D eigenvalue weighted by Gasteiger charge is 2.19. The molecule has 0 saturated heterocycles. The third-order valence-electron chi connectivity index (χ3n) is 6.90. The number of amides is 1. The molecule has 1 aliphatic rings. The zero-order chi connectivity index (χ0) is 25.4. The molecule has 1 atom stereocenters. The largest absolute Gasteiger partial charge is 0.486 e. The van der Waals surface area contributed by atoms with Gasteiger partial charge in [-0.3, -0.25) is 4.79 Å². The first kappa shape index (κ1) is 23.9. The molecule has 0 saturated carbocycles. The second-order valence-electron chi connectivity index (χ2n) is 9.52. The quantitative estimate of drug-likeness (QED) is 0.405. The van der Waals surface area contributed by atoms with E-state index in [1.165, 1.54) is 5.56 Å². The number of carbonyl (C=O) groups is 1. The minimum atomic E-state index is -0.133. The van der Waals surface area contributed by atoms with E-state index in [0.717, 1.165) is 56.3 Å². The van der Waals surface area contributed by atoms with Crippen molar-refractivity contribution in [3.63, 3.8) is 0 Å². The molecular formula is C29H32N4O3. The van der Waals surface area contributed by atoms with Crippen LogP contribution in [0.4, 0.5) is 0 Å². The van der Waals surface area contributed by atoms with Crippen molar-refractivity contribution in [2.24, 2.45) is 0 Å². The van der Waals surface area contributed by atoms with E-state index in [9.17, 15) is 4.79 Å². The fourth-order valence-electron chi connectivity index (χ4n) is 4.91. The first-order valence-corrected chi connectivity index (χ1v) is 12.4. The number of pyridine rings is 1. The van der Waals surface area contributed by atoms with Crippen molar-refractivity contribution in [2.45, 2.75) is 53.5 Å². The number of ether oxygens (including phenoxy) is 2. The number of nitrogens with one attached hydrogen (secondary N) is 1. The molecule has 0 fully saturated rings. The summed E-state index contributed by atoms with van der Waals surface area (Å²) in [6.07, 6.45) is 1.00. The summed E-state index contributed by atoms with van der Waals surface area (Å²) in [7, 11) is 0. The zero-order valence-corrected chi connectivity index (χ0v) is 21.5. The molecule has 1 amide bonds. The lowest BCUT2D eigenvalue weighted by molar-refractivity contribution is -0.121. The second kappa shape index (κ2) is 9.64. The van der Waals surface area contributed by atoms with E-state index in [4.69, 9.17) is 19.6 Å². The lowest BCUT2D eigenvalue weighted by Crippen LogP contribution is -2.27. The fourth-order valence-corrected chi connectivity index (χ4v) is 4.91. The average molecular weight is 485 g/mol. The predicted octanol–water partition coefficient (Wildman–Crippen LogP) is 5.24. The number of aryl methyl sites for hydroxylation is 4. The van der Waals surface area contributed by atoms with Crippen LogP contribution in [0.3, 0.4) is 0 Å². The predicted molar refractivity (Wildman–Crippen MR) is 140 cm³/mol. The third kappa shape index (κ3) is 4.53. The number of nitrogens with zero attached hydrogens (tertiary/aromatic N) is 3. The number of fused-ring (bicyclic) bond motifs is 2. The van der Waals surface area contributed by atoms with Crippen LogP contribution < -0.4 is 14.8 Å². The number of hydrogen-bond acceptors (Lipinski definition) is 5. The van der Waals surface area contributed by atoms with Gasteiger partial charge in [0.1, 0.15) is 13.2 Å². The molecule has 0 radical (unpaired) electrons. The van der Waals surface area contributed by atoms with Crippen LogP contribution in [0.1, 0.15) is 53.0 Å². The molecule has 4 aromatic rings. The van der Waals surface area contributed by atoms with E-state index < -0.39 is 0 Å². The Morgan fingerprint density at radius 3 is 2.47 bits per heavy atom. The van der Waals surface area contributed by atoms with Crippen LogP contribution in [0.25, 0.3) is 16.7 Å². The van der Waals surface area contributed by atoms with Crippen LogP contribution in [0.2, 0.25) is 0 Å². The first-order valence-electron chi connectivity index (χ1n) is 12.4. The average Bonchev–Trinajstić information content (AvgIpc) is 3.19. The normalized spacial score (nSPS) is 13.6. The van der Waals surface area contributed by atoms with Gasteiger partial charge in [0.05, 0.1) is 17.4 Å². The van der Waals surface area contributed by atoms with Crippen LogP contribution in [0.5, 0.6) is 11.5 Å². The number of carbonyl (C=O) groups excluding carboxylic acids is 1. The molecule has 0 bridgehead atoms. The Balaban J connectivity index is 1.32. The van der Waals surface area contributed by atoms with Crippen molar-refractivity contribution in [1.82, 2.24) is 20.1 Å². The van der Waals surface area contributed by atoms with E-state index in [-0.39, 0.29) is 11.9 Å². The summed E-state index contributed by atoms with van der Waals surface area (Å²) in [5.74, 6) is 1.48. The molecule has 2 aromatic heterocycles. The Hall–Kier alpha value is -3.87. The Labute approximate surface area is 211 Å². The van der Waals surface area contributed by atoms with Crippen molar-refractivity contribution in [1.29, 1.82) is 0 Å². The van der Waals surface area contributed by atoms with Crippen molar-refractivity contribution < 1.29 is 14.3 Å². The van der Waals surface area contributed by atoms with Gasteiger partial charge in [-0.25, -0.2) is 9.67 Å². The smallest absolute Gasteiger partial charge is 0.220 e. The lowest BCUT2D eigenvalue weighted by Gasteiger charge is -2.21. The first-order chi connectivity index (χ1) is 17.3. The van der Waals surface area contributed by atoms with Crippen LogP contribution in [0, 0.1) is 27.7 Å². The summed E-state index contributed by atoms with van der Waals surface area (Å²) in [5, 5.41) is 8.96. The van der Waals surface area contributed by atoms with Gasteiger partial charge in [-0.2, -0.15) is 5.10 Å². The van der Waals surface area contributed by atoms with Gasteiger partial charge < -0.3 is 14.8 Å². The maximum atomic E-state index is 12.9. The summed E-state index contributed by atoms with van der Waals surface area (Å²) in [5.41, 5.74) is 8.15. The van der Waals surface area contributed by atoms with Gasteiger partial charge in [0.25, 0.3) is 0 Å². The van der Waals surface area contributed by atoms with Crippen molar-refractivity contribution in [3.05, 3.63) is 76.1 Å². The summed E-state index contributed by atoms with van der Waals surface area (Å²) >= 11 is 0. The van der Waals surface area contributed by atoms with E-state index in [1.807, 2.05) is 43.7 Å². The van der Waals surface area contributed by atoms with Gasteiger partial charge in [-0.15, -0.1) is 0 Å². The number of aromatic nitrogens is 3. The number of benzene rings is 2. The highest BCUT2D eigenvalue weighted by atomic mass is 16.6. The van der Waals surface area contributed by atoms with Crippen molar-refractivity contribution >= 4 is 16.9 Å². The van der Waals surface area contributed by atoms with Crippen LogP contribution >= 0.6 is 0 Å². The molecule has 7 nitrogen and oxygen atoms in total. The van der Waals surface area contributed by atoms with Gasteiger partial charge in [0.15, 0.2) is 17.1 Å². The van der Waals surface area contributed by atoms with E-state index in [0.29, 0.717) is 26.1 Å². The van der Waals surface area contributed by atoms with Crippen molar-refractivity contribution in [2.75, 3.05) is 13.2 Å². The highest BCUT2D eigenvalue weighted by Crippen LogP contribution is 2.33.